The molecule has 0 fully saturated rings. The van der Waals surface area contributed by atoms with Gasteiger partial charge in [-0.2, -0.15) is 0 Å². The second-order valence-corrected chi connectivity index (χ2v) is 6.33. The number of nitrogen functional groups attached to an aromatic ring is 1. The highest BCUT2D eigenvalue weighted by molar-refractivity contribution is 7.21. The van der Waals surface area contributed by atoms with Gasteiger partial charge in [-0.15, -0.1) is 11.3 Å². The Morgan fingerprint density at radius 2 is 1.92 bits per heavy atom. The number of nitrogens with one attached hydrogen (secondary N) is 2. The molecule has 2 heterocycles. The number of para-hydroxylation sites is 1. The molecule has 2 aromatic carbocycles. The second-order valence-electron chi connectivity index (χ2n) is 5.30. The number of nitrogens with zero attached hydrogens (tertiary/aromatic N) is 2. The van der Waals surface area contributed by atoms with E-state index in [1.54, 1.807) is 6.07 Å². The molecule has 4 rings (SSSR count). The third-order valence-corrected chi connectivity index (χ3v) is 4.81. The summed E-state index contributed by atoms with van der Waals surface area (Å²) in [7, 11) is 0. The summed E-state index contributed by atoms with van der Waals surface area (Å²) < 4.78 is 0.932. The lowest BCUT2D eigenvalue weighted by atomic mass is 10.1. The van der Waals surface area contributed by atoms with Crippen LogP contribution in [0.15, 0.2) is 48.5 Å². The maximum atomic E-state index is 8.88. The maximum Gasteiger partial charge on any atom is 0.149 e. The lowest BCUT2D eigenvalue weighted by Gasteiger charge is -2.04. The van der Waals surface area contributed by atoms with Crippen molar-refractivity contribution >= 4 is 44.1 Å². The molecule has 0 radical (unpaired) electrons. The first-order valence-corrected chi connectivity index (χ1v) is 8.02. The number of fused-ring (bicyclic) bond motifs is 2. The van der Waals surface area contributed by atoms with Crippen molar-refractivity contribution in [3.05, 3.63) is 54.1 Å². The van der Waals surface area contributed by atoms with Gasteiger partial charge in [0.1, 0.15) is 16.7 Å². The van der Waals surface area contributed by atoms with Crippen LogP contribution in [0.1, 0.15) is 5.56 Å². The number of hydroxylamine groups is 1. The van der Waals surface area contributed by atoms with Crippen molar-refractivity contribution in [3.63, 3.8) is 0 Å². The van der Waals surface area contributed by atoms with E-state index in [0.29, 0.717) is 11.4 Å². The van der Waals surface area contributed by atoms with Gasteiger partial charge in [0, 0.05) is 16.5 Å². The zero-order chi connectivity index (χ0) is 16.7. The van der Waals surface area contributed by atoms with Crippen LogP contribution < -0.4 is 11.2 Å². The quantitative estimate of drug-likeness (QED) is 0.255. The first-order valence-electron chi connectivity index (χ1n) is 7.21. The van der Waals surface area contributed by atoms with Crippen LogP contribution in [0.4, 0.5) is 5.82 Å². The van der Waals surface area contributed by atoms with Gasteiger partial charge in [0.15, 0.2) is 0 Å². The van der Waals surface area contributed by atoms with Crippen LogP contribution in [-0.2, 0) is 0 Å². The predicted molar refractivity (Wildman–Crippen MR) is 96.5 cm³/mol. The normalized spacial score (nSPS) is 11.0. The molecule has 0 aliphatic rings. The van der Waals surface area contributed by atoms with Crippen molar-refractivity contribution in [3.8, 4) is 10.6 Å². The smallest absolute Gasteiger partial charge is 0.149 e. The lowest BCUT2D eigenvalue weighted by molar-refractivity contribution is 0.234. The largest absolute Gasteiger partial charge is 0.384 e. The molecule has 2 aromatic heterocycles. The van der Waals surface area contributed by atoms with E-state index in [1.165, 1.54) is 11.3 Å². The molecule has 5 N–H and O–H groups in total. The second kappa shape index (κ2) is 5.55. The molecule has 0 aliphatic carbocycles. The SMILES string of the molecule is N=C(NO)c1ccc2nc(-c3cc(N)nc4ccccc34)sc2c1. The molecule has 24 heavy (non-hydrogen) atoms. The van der Waals surface area contributed by atoms with Crippen molar-refractivity contribution in [2.45, 2.75) is 0 Å². The van der Waals surface area contributed by atoms with Crippen molar-refractivity contribution in [2.75, 3.05) is 5.73 Å². The maximum absolute atomic E-state index is 8.88. The molecule has 6 nitrogen and oxygen atoms in total. The number of nitrogens with two attached hydrogens (primary N) is 1. The monoisotopic (exact) mass is 335 g/mol. The summed E-state index contributed by atoms with van der Waals surface area (Å²) in [5.41, 5.74) is 11.0. The Balaban J connectivity index is 1.92. The summed E-state index contributed by atoms with van der Waals surface area (Å²) in [5, 5.41) is 18.4. The molecule has 4 aromatic rings. The molecule has 0 amide bonds. The van der Waals surface area contributed by atoms with Crippen LogP contribution >= 0.6 is 11.3 Å². The Hall–Kier alpha value is -3.03. The number of thiazole rings is 1. The number of aromatic nitrogens is 2. The minimum atomic E-state index is -0.0505. The van der Waals surface area contributed by atoms with Gasteiger partial charge < -0.3 is 5.73 Å². The lowest BCUT2D eigenvalue weighted by Crippen LogP contribution is -2.18. The molecule has 118 valence electrons. The molecule has 0 bridgehead atoms. The van der Waals surface area contributed by atoms with Crippen molar-refractivity contribution in [2.24, 2.45) is 0 Å². The Labute approximate surface area is 141 Å². The number of pyridine rings is 1. The Morgan fingerprint density at radius 3 is 2.75 bits per heavy atom. The first-order chi connectivity index (χ1) is 11.7. The first kappa shape index (κ1) is 14.6. The summed E-state index contributed by atoms with van der Waals surface area (Å²) in [4.78, 5) is 9.04. The molecule has 0 saturated carbocycles. The molecule has 0 spiro atoms. The average Bonchev–Trinajstić information content (AvgIpc) is 3.03. The highest BCUT2D eigenvalue weighted by Gasteiger charge is 2.12. The predicted octanol–water partition coefficient (Wildman–Crippen LogP) is 3.40. The number of anilines is 1. The van der Waals surface area contributed by atoms with Crippen molar-refractivity contribution in [1.29, 1.82) is 5.41 Å². The minimum Gasteiger partial charge on any atom is -0.384 e. The third kappa shape index (κ3) is 2.36. The van der Waals surface area contributed by atoms with Gasteiger partial charge in [0.05, 0.1) is 15.7 Å². The summed E-state index contributed by atoms with van der Waals surface area (Å²) >= 11 is 1.52. The number of hydrogen-bond donors (Lipinski definition) is 4. The third-order valence-electron chi connectivity index (χ3n) is 3.76. The number of hydrogen-bond acceptors (Lipinski definition) is 6. The van der Waals surface area contributed by atoms with Gasteiger partial charge in [-0.1, -0.05) is 18.2 Å². The summed E-state index contributed by atoms with van der Waals surface area (Å²) in [5.74, 6) is 0.403. The fraction of sp³-hybridized carbons (Fsp3) is 0. The standard InChI is InChI=1S/C17H13N5OS/c18-15-8-11(10-3-1-2-4-12(10)20-15)17-21-13-6-5-9(16(19)22-23)7-14(13)24-17/h1-8,23H,(H2,18,20)(H2,19,22). The zero-order valence-electron chi connectivity index (χ0n) is 12.4. The number of amidine groups is 1. The highest BCUT2D eigenvalue weighted by atomic mass is 32.1. The Bertz CT molecular complexity index is 1090. The van der Waals surface area contributed by atoms with Gasteiger partial charge in [-0.25, -0.2) is 9.97 Å². The van der Waals surface area contributed by atoms with E-state index < -0.39 is 0 Å². The summed E-state index contributed by atoms with van der Waals surface area (Å²) in [6, 6.07) is 15.1. The van der Waals surface area contributed by atoms with E-state index in [-0.39, 0.29) is 5.84 Å². The van der Waals surface area contributed by atoms with Crippen LogP contribution in [0.3, 0.4) is 0 Å². The van der Waals surface area contributed by atoms with E-state index in [4.69, 9.17) is 16.4 Å². The highest BCUT2D eigenvalue weighted by Crippen LogP contribution is 2.35. The number of benzene rings is 2. The average molecular weight is 335 g/mol. The molecular formula is C17H13N5OS. The van der Waals surface area contributed by atoms with E-state index in [1.807, 2.05) is 47.9 Å². The van der Waals surface area contributed by atoms with Gasteiger partial charge in [0.2, 0.25) is 0 Å². The van der Waals surface area contributed by atoms with E-state index in [9.17, 15) is 0 Å². The minimum absolute atomic E-state index is 0.0505. The fourth-order valence-electron chi connectivity index (χ4n) is 2.63. The Morgan fingerprint density at radius 1 is 1.08 bits per heavy atom. The van der Waals surface area contributed by atoms with Gasteiger partial charge in [0.25, 0.3) is 0 Å². The zero-order valence-corrected chi connectivity index (χ0v) is 13.3. The van der Waals surface area contributed by atoms with Crippen LogP contribution in [0, 0.1) is 5.41 Å². The molecule has 7 heteroatoms. The van der Waals surface area contributed by atoms with Crippen LogP contribution in [0.25, 0.3) is 31.7 Å². The van der Waals surface area contributed by atoms with E-state index in [0.717, 1.165) is 31.7 Å². The molecular weight excluding hydrogens is 322 g/mol. The molecule has 0 saturated heterocycles. The van der Waals surface area contributed by atoms with Crippen molar-refractivity contribution in [1.82, 2.24) is 15.4 Å². The topological polar surface area (TPSA) is 108 Å². The van der Waals surface area contributed by atoms with Gasteiger partial charge in [-0.3, -0.25) is 16.1 Å². The summed E-state index contributed by atoms with van der Waals surface area (Å²) in [6.45, 7) is 0. The number of rotatable bonds is 2. The van der Waals surface area contributed by atoms with Gasteiger partial charge in [-0.05, 0) is 30.3 Å². The summed E-state index contributed by atoms with van der Waals surface area (Å²) in [6.07, 6.45) is 0. The van der Waals surface area contributed by atoms with E-state index >= 15 is 0 Å². The Kier molecular flexibility index (Phi) is 3.37. The van der Waals surface area contributed by atoms with Crippen LogP contribution in [0.2, 0.25) is 0 Å². The molecule has 0 aliphatic heterocycles. The van der Waals surface area contributed by atoms with Gasteiger partial charge >= 0.3 is 0 Å². The van der Waals surface area contributed by atoms with E-state index in [2.05, 4.69) is 9.97 Å². The fourth-order valence-corrected chi connectivity index (χ4v) is 3.67. The molecule has 0 atom stereocenters. The van der Waals surface area contributed by atoms with Crippen LogP contribution in [0.5, 0.6) is 0 Å². The van der Waals surface area contributed by atoms with Crippen LogP contribution in [-0.4, -0.2) is 21.0 Å². The molecule has 0 unspecified atom stereocenters. The van der Waals surface area contributed by atoms with Crippen molar-refractivity contribution < 1.29 is 5.21 Å².